The van der Waals surface area contributed by atoms with Crippen molar-refractivity contribution in [2.45, 2.75) is 24.0 Å². The number of nitrogen functional groups attached to an aromatic ring is 2. The Morgan fingerprint density at radius 3 is 1.19 bits per heavy atom. The van der Waals surface area contributed by atoms with Gasteiger partial charge in [0, 0.05) is 11.4 Å². The van der Waals surface area contributed by atoms with E-state index in [0.717, 1.165) is 43.1 Å². The molecule has 0 amide bonds. The third kappa shape index (κ3) is 2.95. The molecule has 7 rings (SSSR count). The highest BCUT2D eigenvalue weighted by molar-refractivity contribution is 6.03. The van der Waals surface area contributed by atoms with Crippen LogP contribution in [0.25, 0.3) is 43.1 Å². The summed E-state index contributed by atoms with van der Waals surface area (Å²) < 4.78 is 0. The molecule has 0 aliphatic heterocycles. The number of hydrogen-bond donors (Lipinski definition) is 2. The molecule has 1 aliphatic rings. The molecule has 4 heteroatoms. The minimum absolute atomic E-state index is 0.500. The Balaban J connectivity index is 1.38. The van der Waals surface area contributed by atoms with Crippen molar-refractivity contribution in [3.63, 3.8) is 0 Å². The molecule has 0 saturated heterocycles. The van der Waals surface area contributed by atoms with Gasteiger partial charge in [-0.3, -0.25) is 0 Å². The fourth-order valence-corrected chi connectivity index (χ4v) is 6.18. The van der Waals surface area contributed by atoms with E-state index in [1.807, 2.05) is 60.7 Å². The van der Waals surface area contributed by atoms with Crippen LogP contribution in [0.3, 0.4) is 0 Å². The van der Waals surface area contributed by atoms with Gasteiger partial charge in [0.2, 0.25) is 0 Å². The van der Waals surface area contributed by atoms with Crippen LogP contribution in [0.2, 0.25) is 0 Å². The normalized spacial score (nSPS) is 21.8. The summed E-state index contributed by atoms with van der Waals surface area (Å²) in [7, 11) is 0. The molecule has 176 valence electrons. The topological polar surface area (TPSA) is 98.2 Å². The van der Waals surface area contributed by atoms with Crippen LogP contribution in [0.5, 0.6) is 0 Å². The fourth-order valence-electron chi connectivity index (χ4n) is 6.18. The molecule has 0 aromatic heterocycles. The van der Waals surface area contributed by atoms with Gasteiger partial charge in [0.15, 0.2) is 0 Å². The molecule has 0 atom stereocenters. The lowest BCUT2D eigenvalue weighted by molar-refractivity contribution is -0.535. The molecule has 0 unspecified atom stereocenters. The first-order chi connectivity index (χ1) is 17.5. The Bertz CT molecular complexity index is 1680. The van der Waals surface area contributed by atoms with Crippen molar-refractivity contribution in [2.75, 3.05) is 11.5 Å². The maximum Gasteiger partial charge on any atom is 0.0355 e. The predicted octanol–water partition coefficient (Wildman–Crippen LogP) is 4.80. The summed E-state index contributed by atoms with van der Waals surface area (Å²) >= 11 is 0. The number of anilines is 2. The van der Waals surface area contributed by atoms with E-state index in [0.29, 0.717) is 22.5 Å². The van der Waals surface area contributed by atoms with Crippen LogP contribution in [0.1, 0.15) is 23.0 Å². The zero-order valence-electron chi connectivity index (χ0n) is 19.5. The minimum atomic E-state index is -1.13. The number of rotatable bonds is 2. The van der Waals surface area contributed by atoms with Crippen LogP contribution in [0, 0.1) is 0 Å². The van der Waals surface area contributed by atoms with Gasteiger partial charge in [0.05, 0.1) is 0 Å². The fraction of sp³-hybridized carbons (Fsp3) is 0.125. The third-order valence-corrected chi connectivity index (χ3v) is 8.01. The SMILES string of the molecule is Nc1ccc2cc3ccccc3cc2c1C1C([O-])C(c2c(N)ccc3cc4ccccc4cc23)C1[O-]. The third-order valence-electron chi connectivity index (χ3n) is 8.01. The molecule has 6 aromatic carbocycles. The van der Waals surface area contributed by atoms with Crippen LogP contribution in [-0.4, -0.2) is 12.2 Å². The molecule has 1 saturated carbocycles. The average molecular weight is 469 g/mol. The largest absolute Gasteiger partial charge is 0.851 e. The van der Waals surface area contributed by atoms with E-state index in [2.05, 4.69) is 36.4 Å². The van der Waals surface area contributed by atoms with Gasteiger partial charge < -0.3 is 21.7 Å². The molecule has 0 spiro atoms. The Morgan fingerprint density at radius 2 is 0.806 bits per heavy atom. The Hall–Kier alpha value is -4.12. The first kappa shape index (κ1) is 21.2. The van der Waals surface area contributed by atoms with Crippen LogP contribution < -0.4 is 21.7 Å². The molecule has 0 heterocycles. The van der Waals surface area contributed by atoms with Gasteiger partial charge in [0.25, 0.3) is 0 Å². The standard InChI is InChI=1S/C32H24N2O2/c33-25-11-9-21-13-17-5-1-3-7-19(17)15-23(21)27(25)29-31(35)30(32(29)36)28-24-16-20-8-4-2-6-18(20)14-22(24)10-12-26(28)34/h1-16,29-32H,33-34H2/q-2. The van der Waals surface area contributed by atoms with Crippen molar-refractivity contribution in [3.05, 3.63) is 108 Å². The average Bonchev–Trinajstić information content (AvgIpc) is 2.90. The molecule has 36 heavy (non-hydrogen) atoms. The van der Waals surface area contributed by atoms with Crippen LogP contribution in [0.15, 0.2) is 97.1 Å². The maximum atomic E-state index is 13.9. The molecule has 0 radical (unpaired) electrons. The van der Waals surface area contributed by atoms with Crippen molar-refractivity contribution < 1.29 is 10.2 Å². The molecular weight excluding hydrogens is 444 g/mol. The quantitative estimate of drug-likeness (QED) is 0.282. The Labute approximate surface area is 208 Å². The van der Waals surface area contributed by atoms with Gasteiger partial charge in [-0.25, -0.2) is 0 Å². The Morgan fingerprint density at radius 1 is 0.444 bits per heavy atom. The monoisotopic (exact) mass is 468 g/mol. The van der Waals surface area contributed by atoms with Gasteiger partial charge >= 0.3 is 0 Å². The van der Waals surface area contributed by atoms with Gasteiger partial charge in [-0.05, 0) is 102 Å². The summed E-state index contributed by atoms with van der Waals surface area (Å²) in [6.07, 6.45) is -2.27. The summed E-state index contributed by atoms with van der Waals surface area (Å²) in [4.78, 5) is 0. The second-order valence-electron chi connectivity index (χ2n) is 9.96. The highest BCUT2D eigenvalue weighted by atomic mass is 16.3. The van der Waals surface area contributed by atoms with Gasteiger partial charge in [0.1, 0.15) is 0 Å². The second kappa shape index (κ2) is 7.69. The van der Waals surface area contributed by atoms with E-state index in [1.165, 1.54) is 0 Å². The highest BCUT2D eigenvalue weighted by Gasteiger charge is 2.41. The summed E-state index contributed by atoms with van der Waals surface area (Å²) in [5.41, 5.74) is 15.2. The van der Waals surface area contributed by atoms with E-state index in [-0.39, 0.29) is 0 Å². The van der Waals surface area contributed by atoms with Gasteiger partial charge in [-0.1, -0.05) is 60.7 Å². The molecule has 6 aromatic rings. The number of nitrogens with two attached hydrogens (primary N) is 2. The number of benzene rings is 6. The molecule has 1 aliphatic carbocycles. The zero-order valence-corrected chi connectivity index (χ0v) is 19.5. The predicted molar refractivity (Wildman–Crippen MR) is 145 cm³/mol. The first-order valence-electron chi connectivity index (χ1n) is 12.2. The highest BCUT2D eigenvalue weighted by Crippen LogP contribution is 2.51. The molecule has 1 fully saturated rings. The van der Waals surface area contributed by atoms with E-state index in [1.54, 1.807) is 0 Å². The summed E-state index contributed by atoms with van der Waals surface area (Å²) in [5, 5.41) is 35.8. The Kier molecular flexibility index (Phi) is 4.53. The van der Waals surface area contributed by atoms with Crippen LogP contribution in [-0.2, 0) is 0 Å². The van der Waals surface area contributed by atoms with Gasteiger partial charge in [-0.2, -0.15) is 0 Å². The van der Waals surface area contributed by atoms with E-state index in [9.17, 15) is 10.2 Å². The smallest absolute Gasteiger partial charge is 0.0355 e. The summed E-state index contributed by atoms with van der Waals surface area (Å²) in [6, 6.07) is 32.0. The van der Waals surface area contributed by atoms with Crippen LogP contribution in [0.4, 0.5) is 11.4 Å². The lowest BCUT2D eigenvalue weighted by atomic mass is 9.61. The van der Waals surface area contributed by atoms with E-state index in [4.69, 9.17) is 11.5 Å². The molecule has 4 N–H and O–H groups in total. The molecular formula is C32H24N2O2-2. The van der Waals surface area contributed by atoms with E-state index >= 15 is 0 Å². The van der Waals surface area contributed by atoms with Crippen molar-refractivity contribution in [1.82, 2.24) is 0 Å². The second-order valence-corrected chi connectivity index (χ2v) is 9.96. The van der Waals surface area contributed by atoms with Crippen molar-refractivity contribution >= 4 is 54.5 Å². The van der Waals surface area contributed by atoms with Crippen molar-refractivity contribution in [2.24, 2.45) is 0 Å². The first-order valence-corrected chi connectivity index (χ1v) is 12.2. The molecule has 0 bridgehead atoms. The van der Waals surface area contributed by atoms with Crippen molar-refractivity contribution in [1.29, 1.82) is 0 Å². The van der Waals surface area contributed by atoms with Crippen molar-refractivity contribution in [3.8, 4) is 0 Å². The molecule has 4 nitrogen and oxygen atoms in total. The summed E-state index contributed by atoms with van der Waals surface area (Å²) in [6.45, 7) is 0. The number of hydrogen-bond acceptors (Lipinski definition) is 4. The maximum absolute atomic E-state index is 13.9. The minimum Gasteiger partial charge on any atom is -0.851 e. The van der Waals surface area contributed by atoms with Gasteiger partial charge in [-0.15, -0.1) is 12.2 Å². The summed E-state index contributed by atoms with van der Waals surface area (Å²) in [5.74, 6) is -1.45. The van der Waals surface area contributed by atoms with Crippen LogP contribution >= 0.6 is 0 Å². The lowest BCUT2D eigenvalue weighted by Crippen LogP contribution is -2.64. The van der Waals surface area contributed by atoms with E-state index < -0.39 is 24.0 Å². The zero-order chi connectivity index (χ0) is 24.6. The number of fused-ring (bicyclic) bond motifs is 4. The lowest BCUT2D eigenvalue weighted by Gasteiger charge is -2.62.